The van der Waals surface area contributed by atoms with E-state index in [0.717, 1.165) is 39.5 Å². The average molecular weight is 505 g/mol. The van der Waals surface area contributed by atoms with E-state index in [1.165, 1.54) is 0 Å². The summed E-state index contributed by atoms with van der Waals surface area (Å²) < 4.78 is 21.6. The van der Waals surface area contributed by atoms with Crippen LogP contribution in [0.15, 0.2) is 47.3 Å². The lowest BCUT2D eigenvalue weighted by Gasteiger charge is -2.41. The number of rotatable bonds is 4. The third-order valence-electron chi connectivity index (χ3n) is 6.98. The van der Waals surface area contributed by atoms with E-state index in [1.54, 1.807) is 18.4 Å². The van der Waals surface area contributed by atoms with Crippen molar-refractivity contribution in [2.45, 2.75) is 26.0 Å². The van der Waals surface area contributed by atoms with Crippen molar-refractivity contribution in [1.82, 2.24) is 19.2 Å². The Morgan fingerprint density at radius 2 is 2.08 bits per heavy atom. The van der Waals surface area contributed by atoms with Gasteiger partial charge in [0.1, 0.15) is 18.1 Å². The van der Waals surface area contributed by atoms with Gasteiger partial charge in [0.15, 0.2) is 5.69 Å². The van der Waals surface area contributed by atoms with Crippen LogP contribution in [0.25, 0.3) is 28.2 Å². The van der Waals surface area contributed by atoms with Crippen molar-refractivity contribution < 1.29 is 19.0 Å². The van der Waals surface area contributed by atoms with Gasteiger partial charge in [0.05, 0.1) is 42.9 Å². The minimum absolute atomic E-state index is 0.100. The molecule has 186 valence electrons. The molecule has 5 heterocycles. The van der Waals surface area contributed by atoms with Crippen LogP contribution >= 0.6 is 11.3 Å². The largest absolute Gasteiger partial charge is 0.496 e. The first-order valence-corrected chi connectivity index (χ1v) is 12.8. The lowest BCUT2D eigenvalue weighted by atomic mass is 9.96. The first kappa shape index (κ1) is 22.9. The number of aryl methyl sites for hydroxylation is 1. The van der Waals surface area contributed by atoms with Crippen LogP contribution < -0.4 is 9.47 Å². The first-order chi connectivity index (χ1) is 17.4. The van der Waals surface area contributed by atoms with E-state index in [1.807, 2.05) is 65.6 Å². The van der Waals surface area contributed by atoms with E-state index < -0.39 is 5.54 Å². The minimum Gasteiger partial charge on any atom is -0.496 e. The summed E-state index contributed by atoms with van der Waals surface area (Å²) >= 11 is 1.59. The monoisotopic (exact) mass is 504 g/mol. The second-order valence-corrected chi connectivity index (χ2v) is 10.5. The van der Waals surface area contributed by atoms with Gasteiger partial charge in [-0.2, -0.15) is 16.4 Å². The van der Waals surface area contributed by atoms with Gasteiger partial charge in [0.25, 0.3) is 5.91 Å². The van der Waals surface area contributed by atoms with Crippen LogP contribution in [0.2, 0.25) is 0 Å². The first-order valence-electron chi connectivity index (χ1n) is 11.9. The van der Waals surface area contributed by atoms with Crippen LogP contribution in [0.3, 0.4) is 0 Å². The smallest absolute Gasteiger partial charge is 0.275 e. The summed E-state index contributed by atoms with van der Waals surface area (Å²) in [5.74, 6) is 1.34. The van der Waals surface area contributed by atoms with E-state index in [-0.39, 0.29) is 12.5 Å². The molecule has 1 amide bonds. The van der Waals surface area contributed by atoms with E-state index in [9.17, 15) is 4.79 Å². The molecule has 9 heteroatoms. The molecule has 0 bridgehead atoms. The van der Waals surface area contributed by atoms with Crippen LogP contribution in [0, 0.1) is 0 Å². The molecule has 0 N–H and O–H groups in total. The van der Waals surface area contributed by atoms with Gasteiger partial charge in [-0.3, -0.25) is 4.79 Å². The summed E-state index contributed by atoms with van der Waals surface area (Å²) in [4.78, 5) is 15.8. The van der Waals surface area contributed by atoms with Gasteiger partial charge in [0.2, 0.25) is 0 Å². The Morgan fingerprint density at radius 3 is 2.78 bits per heavy atom. The molecule has 0 atom stereocenters. The number of nitrogens with zero attached hydrogens (tertiary/aromatic N) is 4. The Bertz CT molecular complexity index is 1450. The second kappa shape index (κ2) is 8.53. The van der Waals surface area contributed by atoms with Crippen molar-refractivity contribution >= 4 is 17.2 Å². The molecule has 4 aromatic rings. The fraction of sp³-hybridized carbons (Fsp3) is 0.333. The number of morpholine rings is 1. The predicted molar refractivity (Wildman–Crippen MR) is 138 cm³/mol. The average Bonchev–Trinajstić information content (AvgIpc) is 3.62. The highest BCUT2D eigenvalue weighted by Gasteiger charge is 2.39. The summed E-state index contributed by atoms with van der Waals surface area (Å²) in [5.41, 5.74) is 5.44. The quantitative estimate of drug-likeness (QED) is 0.401. The third kappa shape index (κ3) is 3.53. The standard InChI is InChI=1S/C27H28N4O4S/c1-27(2)16-34-10-9-30(27)26(32)24-20-14-35-23-13-22(33-4)18(21-6-5-8-29(21)3)12-19(23)25(20)31(28-24)17-7-11-36-15-17/h5-8,11-13,15H,9-10,14,16H2,1-4H3. The number of carbonyl (C=O) groups excluding carboxylic acids is 1. The number of fused-ring (bicyclic) bond motifs is 3. The van der Waals surface area contributed by atoms with E-state index in [2.05, 4.69) is 16.7 Å². The predicted octanol–water partition coefficient (Wildman–Crippen LogP) is 4.76. The van der Waals surface area contributed by atoms with Crippen LogP contribution in [0.4, 0.5) is 0 Å². The molecule has 0 aliphatic carbocycles. The fourth-order valence-corrected chi connectivity index (χ4v) is 5.70. The molecular weight excluding hydrogens is 476 g/mol. The second-order valence-electron chi connectivity index (χ2n) is 9.73. The summed E-state index contributed by atoms with van der Waals surface area (Å²) in [5, 5.41) is 8.95. The normalized spacial score (nSPS) is 16.3. The zero-order chi connectivity index (χ0) is 25.0. The van der Waals surface area contributed by atoms with Crippen LogP contribution in [0.1, 0.15) is 29.9 Å². The summed E-state index contributed by atoms with van der Waals surface area (Å²) in [6, 6.07) is 10.1. The fourth-order valence-electron chi connectivity index (χ4n) is 5.09. The van der Waals surface area contributed by atoms with Crippen LogP contribution in [-0.4, -0.2) is 57.6 Å². The molecule has 8 nitrogen and oxygen atoms in total. The molecule has 1 saturated heterocycles. The number of benzene rings is 1. The molecule has 0 spiro atoms. The van der Waals surface area contributed by atoms with Crippen molar-refractivity contribution in [2.24, 2.45) is 7.05 Å². The number of carbonyl (C=O) groups is 1. The Balaban J connectivity index is 1.56. The Morgan fingerprint density at radius 1 is 1.22 bits per heavy atom. The summed E-state index contributed by atoms with van der Waals surface area (Å²) in [7, 11) is 3.67. The molecule has 0 unspecified atom stereocenters. The number of hydrogen-bond donors (Lipinski definition) is 0. The molecule has 3 aromatic heterocycles. The lowest BCUT2D eigenvalue weighted by Crippen LogP contribution is -2.55. The molecule has 6 rings (SSSR count). The van der Waals surface area contributed by atoms with Gasteiger partial charge < -0.3 is 23.7 Å². The van der Waals surface area contributed by atoms with Gasteiger partial charge in [-0.1, -0.05) is 0 Å². The summed E-state index contributed by atoms with van der Waals surface area (Å²) in [6.07, 6.45) is 2.01. The highest BCUT2D eigenvalue weighted by Crippen LogP contribution is 2.46. The Kier molecular flexibility index (Phi) is 5.42. The van der Waals surface area contributed by atoms with Gasteiger partial charge >= 0.3 is 0 Å². The number of ether oxygens (including phenoxy) is 3. The summed E-state index contributed by atoms with van der Waals surface area (Å²) in [6.45, 7) is 5.84. The molecule has 36 heavy (non-hydrogen) atoms. The van der Waals surface area contributed by atoms with Crippen LogP contribution in [-0.2, 0) is 18.4 Å². The Labute approximate surface area is 213 Å². The SMILES string of the molecule is COc1cc2c(cc1-c1cccn1C)-c1c(c(C(=O)N3CCOCC3(C)C)nn1-c1ccsc1)CO2. The van der Waals surface area contributed by atoms with Crippen molar-refractivity contribution in [3.63, 3.8) is 0 Å². The molecule has 2 aliphatic rings. The van der Waals surface area contributed by atoms with Crippen molar-refractivity contribution in [1.29, 1.82) is 0 Å². The molecule has 0 saturated carbocycles. The number of hydrogen-bond acceptors (Lipinski definition) is 6. The molecule has 2 aliphatic heterocycles. The molecule has 0 radical (unpaired) electrons. The molecule has 1 fully saturated rings. The zero-order valence-corrected chi connectivity index (χ0v) is 21.6. The topological polar surface area (TPSA) is 70.8 Å². The van der Waals surface area contributed by atoms with Crippen molar-refractivity contribution in [2.75, 3.05) is 26.9 Å². The van der Waals surface area contributed by atoms with Crippen molar-refractivity contribution in [3.05, 3.63) is 58.5 Å². The highest BCUT2D eigenvalue weighted by atomic mass is 32.1. The number of methoxy groups -OCH3 is 1. The number of amides is 1. The van der Waals surface area contributed by atoms with E-state index in [4.69, 9.17) is 19.3 Å². The van der Waals surface area contributed by atoms with Gasteiger partial charge in [0, 0.05) is 47.9 Å². The highest BCUT2D eigenvalue weighted by molar-refractivity contribution is 7.08. The molecule has 1 aromatic carbocycles. The Hall–Kier alpha value is -3.56. The maximum absolute atomic E-state index is 13.9. The van der Waals surface area contributed by atoms with Gasteiger partial charge in [-0.05, 0) is 43.5 Å². The number of aromatic nitrogens is 3. The molecular formula is C27H28N4O4S. The van der Waals surface area contributed by atoms with E-state index in [0.29, 0.717) is 31.2 Å². The van der Waals surface area contributed by atoms with Gasteiger partial charge in [-0.15, -0.1) is 0 Å². The minimum atomic E-state index is -0.422. The van der Waals surface area contributed by atoms with Gasteiger partial charge in [-0.25, -0.2) is 4.68 Å². The lowest BCUT2D eigenvalue weighted by molar-refractivity contribution is -0.0374. The maximum Gasteiger partial charge on any atom is 0.275 e. The third-order valence-corrected chi connectivity index (χ3v) is 7.65. The van der Waals surface area contributed by atoms with E-state index >= 15 is 0 Å². The van der Waals surface area contributed by atoms with Crippen LogP contribution in [0.5, 0.6) is 11.5 Å². The zero-order valence-electron chi connectivity index (χ0n) is 20.8. The van der Waals surface area contributed by atoms with Crippen molar-refractivity contribution in [3.8, 4) is 39.7 Å². The number of thiophene rings is 1. The maximum atomic E-state index is 13.9.